The Balaban J connectivity index is 1.34. The smallest absolute Gasteiger partial charge is 0.253 e. The molecule has 0 bridgehead atoms. The van der Waals surface area contributed by atoms with E-state index in [0.29, 0.717) is 29.1 Å². The fourth-order valence-corrected chi connectivity index (χ4v) is 4.78. The number of amides is 4. The monoisotopic (exact) mass is 531 g/mol. The van der Waals surface area contributed by atoms with E-state index in [2.05, 4.69) is 31.4 Å². The Kier molecular flexibility index (Phi) is 7.26. The molecule has 0 spiro atoms. The molecular formula is C27H29N7O5. The Morgan fingerprint density at radius 3 is 2.64 bits per heavy atom. The number of para-hydroxylation sites is 1. The van der Waals surface area contributed by atoms with Gasteiger partial charge in [-0.2, -0.15) is 15.4 Å². The number of hydrogen-bond donors (Lipinski definition) is 4. The molecule has 2 aliphatic rings. The Morgan fingerprint density at radius 2 is 1.92 bits per heavy atom. The maximum absolute atomic E-state index is 13.8. The highest BCUT2D eigenvalue weighted by atomic mass is 16.5. The van der Waals surface area contributed by atoms with E-state index < -0.39 is 35.8 Å². The van der Waals surface area contributed by atoms with Crippen LogP contribution < -0.4 is 25.6 Å². The number of carbonyl (C=O) groups is 4. The fourth-order valence-electron chi connectivity index (χ4n) is 4.78. The summed E-state index contributed by atoms with van der Waals surface area (Å²) in [5.41, 5.74) is 2.29. The average molecular weight is 532 g/mol. The van der Waals surface area contributed by atoms with Crippen LogP contribution in [0.4, 0.5) is 5.69 Å². The van der Waals surface area contributed by atoms with Crippen molar-refractivity contribution < 1.29 is 23.9 Å². The number of rotatable bonds is 8. The van der Waals surface area contributed by atoms with Gasteiger partial charge in [0.1, 0.15) is 36.2 Å². The molecule has 2 aromatic carbocycles. The third-order valence-corrected chi connectivity index (χ3v) is 6.79. The third-order valence-electron chi connectivity index (χ3n) is 6.79. The van der Waals surface area contributed by atoms with Gasteiger partial charge >= 0.3 is 0 Å². The average Bonchev–Trinajstić information content (AvgIpc) is 3.57. The number of H-pyrrole nitrogens is 1. The Hall–Kier alpha value is -4.74. The van der Waals surface area contributed by atoms with Crippen molar-refractivity contribution in [1.29, 1.82) is 0 Å². The topological polar surface area (TPSA) is 158 Å². The first-order valence-electron chi connectivity index (χ1n) is 12.7. The second-order valence-corrected chi connectivity index (χ2v) is 9.80. The third kappa shape index (κ3) is 5.31. The van der Waals surface area contributed by atoms with Crippen molar-refractivity contribution in [3.05, 3.63) is 71.5 Å². The molecule has 0 aliphatic carbocycles. The predicted molar refractivity (Wildman–Crippen MR) is 140 cm³/mol. The minimum atomic E-state index is -1.07. The molecule has 3 aromatic rings. The number of ether oxygens (including phenoxy) is 1. The molecule has 4 N–H and O–H groups in total. The van der Waals surface area contributed by atoms with E-state index in [1.807, 2.05) is 6.07 Å². The van der Waals surface area contributed by atoms with Gasteiger partial charge in [0.2, 0.25) is 11.8 Å². The van der Waals surface area contributed by atoms with Crippen molar-refractivity contribution in [2.24, 2.45) is 5.92 Å². The summed E-state index contributed by atoms with van der Waals surface area (Å²) >= 11 is 0. The first-order chi connectivity index (χ1) is 18.8. The summed E-state index contributed by atoms with van der Waals surface area (Å²) in [5.74, 6) is -1.55. The molecular weight excluding hydrogens is 502 g/mol. The van der Waals surface area contributed by atoms with Gasteiger partial charge in [0.05, 0.1) is 18.4 Å². The Labute approximate surface area is 224 Å². The van der Waals surface area contributed by atoms with Gasteiger partial charge in [-0.05, 0) is 29.7 Å². The van der Waals surface area contributed by atoms with Crippen molar-refractivity contribution in [3.63, 3.8) is 0 Å². The van der Waals surface area contributed by atoms with Crippen molar-refractivity contribution in [3.8, 4) is 5.75 Å². The van der Waals surface area contributed by atoms with Gasteiger partial charge in [0.15, 0.2) is 0 Å². The molecule has 0 saturated heterocycles. The van der Waals surface area contributed by atoms with Crippen molar-refractivity contribution in [2.45, 2.75) is 44.9 Å². The van der Waals surface area contributed by atoms with Gasteiger partial charge in [-0.3, -0.25) is 24.1 Å². The number of hydrogen-bond acceptors (Lipinski definition) is 7. The number of nitrogens with one attached hydrogen (secondary N) is 4. The highest BCUT2D eigenvalue weighted by Gasteiger charge is 2.45. The largest absolute Gasteiger partial charge is 0.489 e. The fraction of sp³-hybridized carbons (Fsp3) is 0.333. The normalized spacial score (nSPS) is 18.5. The maximum Gasteiger partial charge on any atom is 0.253 e. The molecule has 0 radical (unpaired) electrons. The molecule has 12 nitrogen and oxygen atoms in total. The molecule has 12 heteroatoms. The maximum atomic E-state index is 13.8. The zero-order chi connectivity index (χ0) is 27.5. The summed E-state index contributed by atoms with van der Waals surface area (Å²) in [6, 6.07) is 11.2. The zero-order valence-corrected chi connectivity index (χ0v) is 21.5. The second-order valence-electron chi connectivity index (χ2n) is 9.80. The van der Waals surface area contributed by atoms with Crippen LogP contribution in [0.25, 0.3) is 0 Å². The summed E-state index contributed by atoms with van der Waals surface area (Å²) in [5, 5.41) is 18.5. The van der Waals surface area contributed by atoms with Gasteiger partial charge in [0, 0.05) is 12.0 Å². The van der Waals surface area contributed by atoms with Crippen LogP contribution in [-0.4, -0.2) is 63.8 Å². The molecule has 0 unspecified atom stereocenters. The molecule has 202 valence electrons. The summed E-state index contributed by atoms with van der Waals surface area (Å²) in [6.45, 7) is 3.63. The van der Waals surface area contributed by atoms with Gasteiger partial charge in [-0.25, -0.2) is 0 Å². The number of benzene rings is 2. The summed E-state index contributed by atoms with van der Waals surface area (Å²) in [4.78, 5) is 54.6. The molecule has 3 heterocycles. The van der Waals surface area contributed by atoms with Gasteiger partial charge in [0.25, 0.3) is 11.8 Å². The van der Waals surface area contributed by atoms with E-state index in [4.69, 9.17) is 4.74 Å². The van der Waals surface area contributed by atoms with Crippen molar-refractivity contribution in [2.75, 3.05) is 11.5 Å². The SMILES string of the molecule is CC(C)[C@H](NC(=O)c1ccccc1)C(=O)N[C@H]1COc2cccc3c2N(C1=O)[C@H](C(=O)NCc1cn[nH]n1)C3. The highest BCUT2D eigenvalue weighted by molar-refractivity contribution is 6.08. The quantitative estimate of drug-likeness (QED) is 0.333. The Morgan fingerprint density at radius 1 is 1.13 bits per heavy atom. The molecule has 1 aromatic heterocycles. The first kappa shape index (κ1) is 25.9. The van der Waals surface area contributed by atoms with E-state index in [1.165, 1.54) is 11.1 Å². The number of anilines is 1. The molecule has 3 atom stereocenters. The summed E-state index contributed by atoms with van der Waals surface area (Å²) < 4.78 is 5.94. The van der Waals surface area contributed by atoms with Gasteiger partial charge in [-0.15, -0.1) is 0 Å². The lowest BCUT2D eigenvalue weighted by atomic mass is 10.0. The van der Waals surface area contributed by atoms with E-state index in [-0.39, 0.29) is 25.0 Å². The first-order valence-corrected chi connectivity index (χ1v) is 12.7. The number of carbonyl (C=O) groups excluding carboxylic acids is 4. The lowest BCUT2D eigenvalue weighted by molar-refractivity contribution is -0.131. The van der Waals surface area contributed by atoms with Crippen LogP contribution in [0.2, 0.25) is 0 Å². The van der Waals surface area contributed by atoms with Crippen LogP contribution in [0.3, 0.4) is 0 Å². The van der Waals surface area contributed by atoms with Crippen LogP contribution in [-0.2, 0) is 27.3 Å². The van der Waals surface area contributed by atoms with Crippen molar-refractivity contribution >= 4 is 29.3 Å². The van der Waals surface area contributed by atoms with Crippen LogP contribution in [0.1, 0.15) is 35.5 Å². The van der Waals surface area contributed by atoms with Gasteiger partial charge < -0.3 is 20.7 Å². The van der Waals surface area contributed by atoms with Crippen molar-refractivity contribution in [1.82, 2.24) is 31.4 Å². The summed E-state index contributed by atoms with van der Waals surface area (Å²) in [7, 11) is 0. The number of nitrogens with zero attached hydrogens (tertiary/aromatic N) is 3. The van der Waals surface area contributed by atoms with Crippen LogP contribution in [0.15, 0.2) is 54.7 Å². The van der Waals surface area contributed by atoms with Gasteiger partial charge in [-0.1, -0.05) is 44.2 Å². The lowest BCUT2D eigenvalue weighted by Gasteiger charge is -2.28. The summed E-state index contributed by atoms with van der Waals surface area (Å²) in [6.07, 6.45) is 1.80. The van der Waals surface area contributed by atoms with Crippen LogP contribution >= 0.6 is 0 Å². The number of aromatic amines is 1. The molecule has 2 aliphatic heterocycles. The van der Waals surface area contributed by atoms with E-state index in [9.17, 15) is 19.2 Å². The molecule has 4 amide bonds. The lowest BCUT2D eigenvalue weighted by Crippen LogP contribution is -2.59. The minimum absolute atomic E-state index is 0.123. The molecule has 5 rings (SSSR count). The Bertz CT molecular complexity index is 1380. The van der Waals surface area contributed by atoms with Crippen LogP contribution in [0.5, 0.6) is 5.75 Å². The second kappa shape index (κ2) is 10.9. The van der Waals surface area contributed by atoms with E-state index >= 15 is 0 Å². The van der Waals surface area contributed by atoms with Crippen LogP contribution in [0, 0.1) is 5.92 Å². The molecule has 0 saturated carbocycles. The van der Waals surface area contributed by atoms with E-state index in [0.717, 1.165) is 5.56 Å². The van der Waals surface area contributed by atoms with E-state index in [1.54, 1.807) is 56.3 Å². The molecule has 39 heavy (non-hydrogen) atoms. The zero-order valence-electron chi connectivity index (χ0n) is 21.5. The molecule has 0 fully saturated rings. The highest BCUT2D eigenvalue weighted by Crippen LogP contribution is 2.42. The minimum Gasteiger partial charge on any atom is -0.489 e. The number of aromatic nitrogens is 3. The predicted octanol–water partition coefficient (Wildman–Crippen LogP) is 0.711. The standard InChI is InChI=1S/C27H29N7O5/c1-15(2)22(31-24(35)16-7-4-3-5-8-16)26(37)30-19-14-39-21-10-6-9-17-11-20(34(23(17)21)27(19)38)25(36)28-12-18-13-29-33-32-18/h3-10,13,15,19-20,22H,11-12,14H2,1-2H3,(H,28,36)(H,30,37)(H,31,35)(H,29,32,33)/t19-,20-,22-/m0/s1.